The number of nitrogens with zero attached hydrogens (tertiary/aromatic N) is 2. The van der Waals surface area contributed by atoms with Gasteiger partial charge in [-0.25, -0.2) is 4.79 Å². The topological polar surface area (TPSA) is 96.5 Å². The van der Waals surface area contributed by atoms with E-state index in [1.807, 2.05) is 30.3 Å². The SMILES string of the molecule is N[C@@H]1C(=O)N2C(C(=O)O)=C(CSc3cccc4cccnc34)CS[C@H]12. The number of carbonyl (C=O) groups is 2. The van der Waals surface area contributed by atoms with Gasteiger partial charge in [-0.1, -0.05) is 18.2 Å². The van der Waals surface area contributed by atoms with E-state index in [2.05, 4.69) is 4.98 Å². The van der Waals surface area contributed by atoms with Crippen molar-refractivity contribution < 1.29 is 14.7 Å². The summed E-state index contributed by atoms with van der Waals surface area (Å²) in [6.07, 6.45) is 1.75. The van der Waals surface area contributed by atoms with Gasteiger partial charge in [-0.15, -0.1) is 23.5 Å². The molecule has 1 fully saturated rings. The number of fused-ring (bicyclic) bond motifs is 2. The summed E-state index contributed by atoms with van der Waals surface area (Å²) in [4.78, 5) is 30.4. The number of aromatic nitrogens is 1. The molecule has 3 N–H and O–H groups in total. The van der Waals surface area contributed by atoms with Gasteiger partial charge in [-0.3, -0.25) is 14.7 Å². The van der Waals surface area contributed by atoms with Crippen molar-refractivity contribution in [1.82, 2.24) is 9.88 Å². The zero-order chi connectivity index (χ0) is 17.6. The van der Waals surface area contributed by atoms with Crippen LogP contribution in [-0.2, 0) is 9.59 Å². The third-order valence-corrected chi connectivity index (χ3v) is 6.78. The monoisotopic (exact) mass is 373 g/mol. The van der Waals surface area contributed by atoms with Crippen LogP contribution in [-0.4, -0.2) is 49.8 Å². The highest BCUT2D eigenvalue weighted by molar-refractivity contribution is 8.01. The number of hydrogen-bond donors (Lipinski definition) is 2. The van der Waals surface area contributed by atoms with Crippen molar-refractivity contribution in [2.24, 2.45) is 5.73 Å². The van der Waals surface area contributed by atoms with Crippen molar-refractivity contribution in [2.45, 2.75) is 16.3 Å². The molecule has 128 valence electrons. The average molecular weight is 373 g/mol. The highest BCUT2D eigenvalue weighted by Gasteiger charge is 2.51. The van der Waals surface area contributed by atoms with Gasteiger partial charge in [0.25, 0.3) is 0 Å². The molecule has 25 heavy (non-hydrogen) atoms. The van der Waals surface area contributed by atoms with Crippen molar-refractivity contribution in [1.29, 1.82) is 0 Å². The van der Waals surface area contributed by atoms with Gasteiger partial charge < -0.3 is 10.8 Å². The molecule has 1 aromatic heterocycles. The van der Waals surface area contributed by atoms with Crippen LogP contribution in [0.3, 0.4) is 0 Å². The molecule has 1 saturated heterocycles. The van der Waals surface area contributed by atoms with Crippen molar-refractivity contribution in [2.75, 3.05) is 11.5 Å². The maximum absolute atomic E-state index is 12.0. The predicted molar refractivity (Wildman–Crippen MR) is 98.2 cm³/mol. The van der Waals surface area contributed by atoms with E-state index in [9.17, 15) is 14.7 Å². The Balaban J connectivity index is 1.63. The second kappa shape index (κ2) is 6.36. The third-order valence-electron chi connectivity index (χ3n) is 4.29. The van der Waals surface area contributed by atoms with Gasteiger partial charge in [-0.2, -0.15) is 0 Å². The first-order chi connectivity index (χ1) is 12.1. The molecule has 3 heterocycles. The standard InChI is InChI=1S/C17H15N3O3S2/c18-12-15(21)20-14(17(22)23)10(8-25-16(12)20)7-24-11-5-1-3-9-4-2-6-19-13(9)11/h1-6,12,16H,7-8,18H2,(H,22,23)/t12-,16-/m1/s1. The Kier molecular flexibility index (Phi) is 4.18. The number of aliphatic carboxylic acids is 1. The molecule has 0 radical (unpaired) electrons. The van der Waals surface area contributed by atoms with Crippen LogP contribution in [0.4, 0.5) is 0 Å². The fourth-order valence-electron chi connectivity index (χ4n) is 3.05. The van der Waals surface area contributed by atoms with Crippen LogP contribution in [0.5, 0.6) is 0 Å². The summed E-state index contributed by atoms with van der Waals surface area (Å²) < 4.78 is 0. The Morgan fingerprint density at radius 1 is 1.40 bits per heavy atom. The lowest BCUT2D eigenvalue weighted by atomic mass is 10.0. The molecule has 2 aromatic rings. The summed E-state index contributed by atoms with van der Waals surface area (Å²) in [6, 6.07) is 9.21. The number of amides is 1. The average Bonchev–Trinajstić information content (AvgIpc) is 2.64. The molecule has 1 amide bonds. The molecule has 2 atom stereocenters. The highest BCUT2D eigenvalue weighted by Crippen LogP contribution is 2.41. The van der Waals surface area contributed by atoms with Crippen LogP contribution in [0.1, 0.15) is 0 Å². The summed E-state index contributed by atoms with van der Waals surface area (Å²) >= 11 is 3.06. The van der Waals surface area contributed by atoms with Crippen LogP contribution in [0, 0.1) is 0 Å². The van der Waals surface area contributed by atoms with E-state index >= 15 is 0 Å². The molecular weight excluding hydrogens is 358 g/mol. The van der Waals surface area contributed by atoms with Crippen molar-refractivity contribution in [3.63, 3.8) is 0 Å². The van der Waals surface area contributed by atoms with Crippen molar-refractivity contribution in [3.8, 4) is 0 Å². The lowest BCUT2D eigenvalue weighted by Gasteiger charge is -2.48. The number of rotatable bonds is 4. The molecule has 6 nitrogen and oxygen atoms in total. The zero-order valence-electron chi connectivity index (χ0n) is 13.1. The Morgan fingerprint density at radius 2 is 2.20 bits per heavy atom. The summed E-state index contributed by atoms with van der Waals surface area (Å²) in [7, 11) is 0. The fourth-order valence-corrected chi connectivity index (χ4v) is 5.52. The van der Waals surface area contributed by atoms with Crippen LogP contribution < -0.4 is 5.73 Å². The molecule has 0 unspecified atom stereocenters. The molecule has 1 aromatic carbocycles. The van der Waals surface area contributed by atoms with Gasteiger partial charge in [-0.05, 0) is 17.7 Å². The summed E-state index contributed by atoms with van der Waals surface area (Å²) in [5.74, 6) is -0.327. The first-order valence-corrected chi connectivity index (χ1v) is 9.73. The number of carboxylic acids is 1. The molecule has 0 saturated carbocycles. The molecule has 2 aliphatic heterocycles. The van der Waals surface area contributed by atoms with E-state index in [4.69, 9.17) is 5.73 Å². The summed E-state index contributed by atoms with van der Waals surface area (Å²) in [5.41, 5.74) is 7.51. The predicted octanol–water partition coefficient (Wildman–Crippen LogP) is 1.91. The largest absolute Gasteiger partial charge is 0.477 e. The van der Waals surface area contributed by atoms with E-state index in [-0.39, 0.29) is 17.0 Å². The zero-order valence-corrected chi connectivity index (χ0v) is 14.7. The first kappa shape index (κ1) is 16.4. The normalized spacial score (nSPS) is 22.8. The van der Waals surface area contributed by atoms with Crippen LogP contribution in [0.25, 0.3) is 10.9 Å². The number of hydrogen-bond acceptors (Lipinski definition) is 6. The molecular formula is C17H15N3O3S2. The Hall–Kier alpha value is -2.03. The number of para-hydroxylation sites is 1. The third kappa shape index (κ3) is 2.70. The number of β-lactam (4-membered cyclic amide) rings is 1. The van der Waals surface area contributed by atoms with E-state index < -0.39 is 12.0 Å². The minimum Gasteiger partial charge on any atom is -0.477 e. The van der Waals surface area contributed by atoms with E-state index in [0.29, 0.717) is 11.5 Å². The van der Waals surface area contributed by atoms with Gasteiger partial charge >= 0.3 is 5.97 Å². The molecule has 0 bridgehead atoms. The number of carboxylic acid groups (broad SMARTS) is 1. The summed E-state index contributed by atoms with van der Waals surface area (Å²) in [6.45, 7) is 0. The quantitative estimate of drug-likeness (QED) is 0.624. The lowest BCUT2D eigenvalue weighted by Crippen LogP contribution is -2.68. The number of thioether (sulfide) groups is 2. The molecule has 4 rings (SSSR count). The van der Waals surface area contributed by atoms with Gasteiger partial charge in [0, 0.05) is 28.0 Å². The first-order valence-electron chi connectivity index (χ1n) is 7.70. The minimum atomic E-state index is -1.07. The van der Waals surface area contributed by atoms with Gasteiger partial charge in [0.2, 0.25) is 5.91 Å². The van der Waals surface area contributed by atoms with E-state index in [1.54, 1.807) is 18.0 Å². The minimum absolute atomic E-state index is 0.0937. The Bertz CT molecular complexity index is 910. The van der Waals surface area contributed by atoms with Gasteiger partial charge in [0.15, 0.2) is 0 Å². The van der Waals surface area contributed by atoms with Gasteiger partial charge in [0.1, 0.15) is 17.1 Å². The second-order valence-corrected chi connectivity index (χ2v) is 7.94. The number of pyridine rings is 1. The number of carbonyl (C=O) groups excluding carboxylic acids is 1. The van der Waals surface area contributed by atoms with Crippen LogP contribution in [0.15, 0.2) is 52.7 Å². The molecule has 2 aliphatic rings. The molecule has 8 heteroatoms. The van der Waals surface area contributed by atoms with Gasteiger partial charge in [0.05, 0.1) is 5.52 Å². The van der Waals surface area contributed by atoms with Crippen LogP contribution >= 0.6 is 23.5 Å². The Labute approximate surface area is 152 Å². The smallest absolute Gasteiger partial charge is 0.352 e. The molecule has 0 spiro atoms. The summed E-state index contributed by atoms with van der Waals surface area (Å²) in [5, 5.41) is 10.4. The maximum atomic E-state index is 12.0. The number of nitrogens with two attached hydrogens (primary N) is 1. The van der Waals surface area contributed by atoms with Crippen molar-refractivity contribution in [3.05, 3.63) is 47.8 Å². The second-order valence-electron chi connectivity index (χ2n) is 5.81. The highest BCUT2D eigenvalue weighted by atomic mass is 32.2. The van der Waals surface area contributed by atoms with Crippen LogP contribution in [0.2, 0.25) is 0 Å². The maximum Gasteiger partial charge on any atom is 0.352 e. The number of benzene rings is 1. The van der Waals surface area contributed by atoms with E-state index in [0.717, 1.165) is 21.4 Å². The Morgan fingerprint density at radius 3 is 3.00 bits per heavy atom. The lowest BCUT2D eigenvalue weighted by molar-refractivity contribution is -0.147. The fraction of sp³-hybridized carbons (Fsp3) is 0.235. The van der Waals surface area contributed by atoms with Crippen molar-refractivity contribution >= 4 is 46.3 Å². The molecule has 0 aliphatic carbocycles. The van der Waals surface area contributed by atoms with E-state index in [1.165, 1.54) is 16.7 Å².